The minimum atomic E-state index is 0.207. The summed E-state index contributed by atoms with van der Waals surface area (Å²) in [5, 5.41) is 10.3. The molecule has 1 atom stereocenters. The highest BCUT2D eigenvalue weighted by atomic mass is 16.6. The van der Waals surface area contributed by atoms with Crippen LogP contribution in [0.3, 0.4) is 0 Å². The molecule has 1 fully saturated rings. The molecule has 2 aromatic rings. The fourth-order valence-electron chi connectivity index (χ4n) is 2.81. The van der Waals surface area contributed by atoms with Crippen molar-refractivity contribution in [2.24, 2.45) is 0 Å². The number of ether oxygens (including phenoxy) is 2. The Bertz CT molecular complexity index is 715. The first-order valence-corrected chi connectivity index (χ1v) is 7.63. The molecule has 1 heterocycles. The van der Waals surface area contributed by atoms with E-state index in [9.17, 15) is 5.11 Å². The maximum absolute atomic E-state index is 10.3. The van der Waals surface area contributed by atoms with Gasteiger partial charge in [-0.2, -0.15) is 0 Å². The second-order valence-corrected chi connectivity index (χ2v) is 5.99. The van der Waals surface area contributed by atoms with E-state index in [-0.39, 0.29) is 11.9 Å². The van der Waals surface area contributed by atoms with Gasteiger partial charge in [0, 0.05) is 11.1 Å². The van der Waals surface area contributed by atoms with Crippen molar-refractivity contribution in [3.05, 3.63) is 46.5 Å². The normalized spacial score (nSPS) is 16.6. The van der Waals surface area contributed by atoms with E-state index >= 15 is 0 Å². The molecule has 22 heavy (non-hydrogen) atoms. The van der Waals surface area contributed by atoms with Crippen LogP contribution in [0.5, 0.6) is 11.5 Å². The van der Waals surface area contributed by atoms with Crippen molar-refractivity contribution in [2.45, 2.75) is 33.8 Å². The molecular formula is C19H22O3. The predicted octanol–water partition coefficient (Wildman–Crippen LogP) is 4.07. The Balaban J connectivity index is 2.19. The van der Waals surface area contributed by atoms with E-state index in [0.717, 1.165) is 34.6 Å². The van der Waals surface area contributed by atoms with Gasteiger partial charge in [0.1, 0.15) is 24.2 Å². The number of phenolic OH excluding ortho intramolecular Hbond substituents is 1. The van der Waals surface area contributed by atoms with Crippen LogP contribution in [0, 0.1) is 27.7 Å². The van der Waals surface area contributed by atoms with Crippen LogP contribution >= 0.6 is 0 Å². The smallest absolute Gasteiger partial charge is 0.130 e. The average molecular weight is 298 g/mol. The Hall–Kier alpha value is -2.00. The molecule has 1 N–H and O–H groups in total. The maximum Gasteiger partial charge on any atom is 0.130 e. The van der Waals surface area contributed by atoms with Crippen LogP contribution in [0.15, 0.2) is 24.3 Å². The van der Waals surface area contributed by atoms with E-state index in [1.165, 1.54) is 11.1 Å². The van der Waals surface area contributed by atoms with Crippen molar-refractivity contribution in [1.29, 1.82) is 0 Å². The number of para-hydroxylation sites is 1. The molecule has 0 spiro atoms. The zero-order valence-corrected chi connectivity index (χ0v) is 13.6. The number of phenols is 1. The highest BCUT2D eigenvalue weighted by molar-refractivity contribution is 5.81. The molecule has 0 bridgehead atoms. The summed E-state index contributed by atoms with van der Waals surface area (Å²) in [4.78, 5) is 0. The minimum Gasteiger partial charge on any atom is -0.507 e. The van der Waals surface area contributed by atoms with Crippen LogP contribution in [0.2, 0.25) is 0 Å². The molecule has 3 nitrogen and oxygen atoms in total. The van der Waals surface area contributed by atoms with Crippen LogP contribution < -0.4 is 4.74 Å². The molecule has 0 saturated carbocycles. The van der Waals surface area contributed by atoms with Gasteiger partial charge in [-0.15, -0.1) is 0 Å². The van der Waals surface area contributed by atoms with E-state index in [0.29, 0.717) is 6.61 Å². The van der Waals surface area contributed by atoms with Crippen LogP contribution in [0.1, 0.15) is 22.3 Å². The van der Waals surface area contributed by atoms with Crippen molar-refractivity contribution in [1.82, 2.24) is 0 Å². The van der Waals surface area contributed by atoms with E-state index in [1.54, 1.807) is 6.07 Å². The van der Waals surface area contributed by atoms with E-state index in [1.807, 2.05) is 18.2 Å². The van der Waals surface area contributed by atoms with E-state index in [4.69, 9.17) is 9.47 Å². The lowest BCUT2D eigenvalue weighted by Gasteiger charge is -2.21. The lowest BCUT2D eigenvalue weighted by Crippen LogP contribution is -2.09. The lowest BCUT2D eigenvalue weighted by molar-refractivity contribution is 0.262. The first-order chi connectivity index (χ1) is 10.5. The average Bonchev–Trinajstić information content (AvgIpc) is 3.33. The summed E-state index contributed by atoms with van der Waals surface area (Å²) in [6.07, 6.45) is 0.207. The number of hydrogen-bond donors (Lipinski definition) is 1. The molecule has 116 valence electrons. The highest BCUT2D eigenvalue weighted by Gasteiger charge is 2.26. The lowest BCUT2D eigenvalue weighted by atomic mass is 9.89. The molecule has 1 unspecified atom stereocenters. The third-order valence-corrected chi connectivity index (χ3v) is 4.62. The van der Waals surface area contributed by atoms with Crippen LogP contribution in [0.4, 0.5) is 0 Å². The zero-order valence-electron chi connectivity index (χ0n) is 13.6. The van der Waals surface area contributed by atoms with E-state index in [2.05, 4.69) is 27.7 Å². The Morgan fingerprint density at radius 2 is 1.68 bits per heavy atom. The number of benzene rings is 2. The van der Waals surface area contributed by atoms with Gasteiger partial charge >= 0.3 is 0 Å². The minimum absolute atomic E-state index is 0.207. The summed E-state index contributed by atoms with van der Waals surface area (Å²) in [6, 6.07) is 7.42. The second-order valence-electron chi connectivity index (χ2n) is 5.99. The second kappa shape index (κ2) is 5.65. The van der Waals surface area contributed by atoms with Crippen molar-refractivity contribution >= 4 is 0 Å². The van der Waals surface area contributed by atoms with Gasteiger partial charge in [-0.1, -0.05) is 18.2 Å². The molecule has 1 aliphatic rings. The first kappa shape index (κ1) is 14.9. The molecule has 3 heteroatoms. The van der Waals surface area contributed by atoms with Crippen molar-refractivity contribution < 1.29 is 14.6 Å². The van der Waals surface area contributed by atoms with Crippen LogP contribution in [-0.4, -0.2) is 24.4 Å². The Morgan fingerprint density at radius 3 is 2.32 bits per heavy atom. The fourth-order valence-corrected chi connectivity index (χ4v) is 2.81. The quantitative estimate of drug-likeness (QED) is 0.865. The fraction of sp³-hybridized carbons (Fsp3) is 0.368. The number of epoxide rings is 1. The van der Waals surface area contributed by atoms with Crippen LogP contribution in [0.25, 0.3) is 11.1 Å². The van der Waals surface area contributed by atoms with Gasteiger partial charge in [-0.25, -0.2) is 0 Å². The van der Waals surface area contributed by atoms with E-state index < -0.39 is 0 Å². The van der Waals surface area contributed by atoms with Crippen molar-refractivity contribution in [3.63, 3.8) is 0 Å². The summed E-state index contributed by atoms with van der Waals surface area (Å²) in [7, 11) is 0. The van der Waals surface area contributed by atoms with Crippen LogP contribution in [-0.2, 0) is 4.74 Å². The van der Waals surface area contributed by atoms with Gasteiger partial charge in [0.05, 0.1) is 6.61 Å². The van der Waals surface area contributed by atoms with Gasteiger partial charge in [-0.3, -0.25) is 0 Å². The Morgan fingerprint density at radius 1 is 1.05 bits per heavy atom. The standard InChI is InChI=1S/C19H22O3/c1-11-12(2)14(4)19(22-10-15-9-21-15)18(13(11)3)16-7-5-6-8-17(16)20/h5-8,15,20H,9-10H2,1-4H3. The predicted molar refractivity (Wildman–Crippen MR) is 87.7 cm³/mol. The molecule has 1 saturated heterocycles. The third-order valence-electron chi connectivity index (χ3n) is 4.62. The highest BCUT2D eigenvalue weighted by Crippen LogP contribution is 2.43. The molecule has 0 amide bonds. The topological polar surface area (TPSA) is 42.0 Å². The summed E-state index contributed by atoms with van der Waals surface area (Å²) in [5.41, 5.74) is 6.56. The maximum atomic E-state index is 10.3. The van der Waals surface area contributed by atoms with Gasteiger partial charge in [0.25, 0.3) is 0 Å². The zero-order chi connectivity index (χ0) is 15.9. The molecule has 2 aromatic carbocycles. The summed E-state index contributed by atoms with van der Waals surface area (Å²) < 4.78 is 11.3. The molecule has 3 rings (SSSR count). The molecular weight excluding hydrogens is 276 g/mol. The largest absolute Gasteiger partial charge is 0.507 e. The molecule has 0 aliphatic carbocycles. The first-order valence-electron chi connectivity index (χ1n) is 7.63. The SMILES string of the molecule is Cc1c(C)c(C)c(-c2ccccc2O)c(OCC2CO2)c1C. The Kier molecular flexibility index (Phi) is 3.83. The molecule has 1 aliphatic heterocycles. The Labute approximate surface area is 131 Å². The van der Waals surface area contributed by atoms with Crippen molar-refractivity contribution in [2.75, 3.05) is 13.2 Å². The summed E-state index contributed by atoms with van der Waals surface area (Å²) in [6.45, 7) is 9.73. The number of aromatic hydroxyl groups is 1. The van der Waals surface area contributed by atoms with Gasteiger partial charge in [0.2, 0.25) is 0 Å². The summed E-state index contributed by atoms with van der Waals surface area (Å²) in [5.74, 6) is 1.14. The van der Waals surface area contributed by atoms with Gasteiger partial charge in [-0.05, 0) is 56.0 Å². The monoisotopic (exact) mass is 298 g/mol. The number of hydrogen-bond acceptors (Lipinski definition) is 3. The van der Waals surface area contributed by atoms with Crippen molar-refractivity contribution in [3.8, 4) is 22.6 Å². The third kappa shape index (κ3) is 2.57. The molecule has 0 aromatic heterocycles. The molecule has 0 radical (unpaired) electrons. The van der Waals surface area contributed by atoms with Gasteiger partial charge in [0.15, 0.2) is 0 Å². The summed E-state index contributed by atoms with van der Waals surface area (Å²) >= 11 is 0. The number of rotatable bonds is 4. The van der Waals surface area contributed by atoms with Gasteiger partial charge < -0.3 is 14.6 Å².